The maximum Gasteiger partial charge on any atom is 0.411 e. The summed E-state index contributed by atoms with van der Waals surface area (Å²) in [5.41, 5.74) is 8.15. The van der Waals surface area contributed by atoms with Crippen molar-refractivity contribution < 1.29 is 9.53 Å². The number of aromatic amines is 1. The molecule has 0 fully saturated rings. The van der Waals surface area contributed by atoms with Crippen molar-refractivity contribution in [3.63, 3.8) is 0 Å². The van der Waals surface area contributed by atoms with Gasteiger partial charge in [0.2, 0.25) is 0 Å². The van der Waals surface area contributed by atoms with Gasteiger partial charge < -0.3 is 15.8 Å². The fourth-order valence-electron chi connectivity index (χ4n) is 2.98. The van der Waals surface area contributed by atoms with Gasteiger partial charge in [-0.2, -0.15) is 5.10 Å². The van der Waals surface area contributed by atoms with Crippen LogP contribution in [0.25, 0.3) is 0 Å². The Labute approximate surface area is 147 Å². The first kappa shape index (κ1) is 17.1. The maximum atomic E-state index is 12.6. The van der Waals surface area contributed by atoms with Crippen molar-refractivity contribution in [2.75, 3.05) is 11.1 Å². The lowest BCUT2D eigenvalue weighted by Gasteiger charge is -2.33. The van der Waals surface area contributed by atoms with Crippen LogP contribution in [0.3, 0.4) is 0 Å². The highest BCUT2D eigenvalue weighted by molar-refractivity contribution is 5.73. The summed E-state index contributed by atoms with van der Waals surface area (Å²) in [5, 5.41) is 10.7. The molecule has 3 rings (SSSR count). The van der Waals surface area contributed by atoms with Gasteiger partial charge in [-0.05, 0) is 52.8 Å². The highest BCUT2D eigenvalue weighted by Crippen LogP contribution is 2.41. The third kappa shape index (κ3) is 3.26. The molecule has 7 heteroatoms. The van der Waals surface area contributed by atoms with Crippen LogP contribution < -0.4 is 11.1 Å². The van der Waals surface area contributed by atoms with Gasteiger partial charge in [0.25, 0.3) is 0 Å². The Morgan fingerprint density at radius 3 is 2.76 bits per heavy atom. The van der Waals surface area contributed by atoms with Gasteiger partial charge in [0.15, 0.2) is 5.82 Å². The van der Waals surface area contributed by atoms with Crippen LogP contribution in [-0.4, -0.2) is 26.8 Å². The fourth-order valence-corrected chi connectivity index (χ4v) is 2.98. The van der Waals surface area contributed by atoms with E-state index in [1.807, 2.05) is 58.9 Å². The predicted octanol–water partition coefficient (Wildman–Crippen LogP) is 3.72. The Morgan fingerprint density at radius 2 is 2.12 bits per heavy atom. The van der Waals surface area contributed by atoms with Gasteiger partial charge in [-0.1, -0.05) is 6.07 Å². The largest absolute Gasteiger partial charge is 0.444 e. The molecule has 25 heavy (non-hydrogen) atoms. The summed E-state index contributed by atoms with van der Waals surface area (Å²) >= 11 is 0. The van der Waals surface area contributed by atoms with Crippen molar-refractivity contribution >= 4 is 23.3 Å². The number of nitrogens with zero attached hydrogens (tertiary/aromatic N) is 2. The minimum atomic E-state index is -0.537. The molecule has 0 radical (unpaired) electrons. The van der Waals surface area contributed by atoms with E-state index >= 15 is 0 Å². The van der Waals surface area contributed by atoms with Crippen LogP contribution in [0.5, 0.6) is 0 Å². The summed E-state index contributed by atoms with van der Waals surface area (Å²) in [6.45, 7) is 9.97. The molecular weight excluding hydrogens is 318 g/mol. The van der Waals surface area contributed by atoms with E-state index in [-0.39, 0.29) is 6.09 Å². The molecule has 0 saturated carbocycles. The summed E-state index contributed by atoms with van der Waals surface area (Å²) in [4.78, 5) is 14.3. The zero-order chi connectivity index (χ0) is 18.4. The van der Waals surface area contributed by atoms with Crippen molar-refractivity contribution in [1.82, 2.24) is 15.1 Å². The van der Waals surface area contributed by atoms with Crippen molar-refractivity contribution in [2.24, 2.45) is 0 Å². The number of rotatable bonds is 2. The summed E-state index contributed by atoms with van der Waals surface area (Å²) in [6, 6.07) is 7.46. The Hall–Kier alpha value is -2.70. The predicted molar refractivity (Wildman–Crippen MR) is 97.5 cm³/mol. The van der Waals surface area contributed by atoms with E-state index in [1.165, 1.54) is 0 Å². The minimum Gasteiger partial charge on any atom is -0.444 e. The number of carbonyl (C=O) groups excluding carboxylic acids is 1. The number of anilines is 3. The lowest BCUT2D eigenvalue weighted by Crippen LogP contribution is -2.43. The molecule has 4 N–H and O–H groups in total. The van der Waals surface area contributed by atoms with Gasteiger partial charge in [-0.3, -0.25) is 10.00 Å². The van der Waals surface area contributed by atoms with E-state index in [2.05, 4.69) is 15.5 Å². The molecule has 0 bridgehead atoms. The molecule has 1 aromatic carbocycles. The molecule has 0 saturated heterocycles. The van der Waals surface area contributed by atoms with Gasteiger partial charge in [0.05, 0.1) is 17.8 Å². The summed E-state index contributed by atoms with van der Waals surface area (Å²) < 4.78 is 5.55. The Morgan fingerprint density at radius 1 is 1.40 bits per heavy atom. The van der Waals surface area contributed by atoms with Crippen LogP contribution in [-0.2, 0) is 16.8 Å². The Kier molecular flexibility index (Phi) is 3.89. The number of hydrogen-bond donors (Lipinski definition) is 3. The normalized spacial score (nSPS) is 15.8. The van der Waals surface area contributed by atoms with Crippen LogP contribution in [0.15, 0.2) is 24.3 Å². The van der Waals surface area contributed by atoms with E-state index in [9.17, 15) is 4.79 Å². The van der Waals surface area contributed by atoms with Gasteiger partial charge >= 0.3 is 6.09 Å². The first-order valence-electron chi connectivity index (χ1n) is 8.29. The number of carbonyl (C=O) groups is 1. The number of nitrogen functional groups attached to an aromatic ring is 1. The molecule has 0 unspecified atom stereocenters. The highest BCUT2D eigenvalue weighted by Gasteiger charge is 2.45. The molecule has 0 aliphatic carbocycles. The van der Waals surface area contributed by atoms with E-state index in [1.54, 1.807) is 4.90 Å². The molecule has 7 nitrogen and oxygen atoms in total. The molecule has 134 valence electrons. The molecule has 1 aliphatic heterocycles. The van der Waals surface area contributed by atoms with Crippen molar-refractivity contribution in [3.05, 3.63) is 35.5 Å². The molecule has 0 spiro atoms. The Balaban J connectivity index is 1.86. The number of ether oxygens (including phenoxy) is 1. The van der Waals surface area contributed by atoms with E-state index < -0.39 is 11.1 Å². The average molecular weight is 343 g/mol. The van der Waals surface area contributed by atoms with Crippen molar-refractivity contribution in [2.45, 2.75) is 52.3 Å². The van der Waals surface area contributed by atoms with Gasteiger partial charge in [-0.25, -0.2) is 4.79 Å². The second kappa shape index (κ2) is 5.68. The molecule has 1 aliphatic rings. The monoisotopic (exact) mass is 343 g/mol. The van der Waals surface area contributed by atoms with E-state index in [0.29, 0.717) is 18.1 Å². The molecule has 1 aromatic heterocycles. The molecular formula is C18H25N5O2. The summed E-state index contributed by atoms with van der Waals surface area (Å²) in [6.07, 6.45) is -0.336. The van der Waals surface area contributed by atoms with Gasteiger partial charge in [0, 0.05) is 16.9 Å². The van der Waals surface area contributed by atoms with Crippen LogP contribution in [0.2, 0.25) is 0 Å². The third-order valence-electron chi connectivity index (χ3n) is 4.23. The van der Waals surface area contributed by atoms with E-state index in [4.69, 9.17) is 10.5 Å². The van der Waals surface area contributed by atoms with Gasteiger partial charge in [0.1, 0.15) is 5.60 Å². The number of nitrogens with one attached hydrogen (secondary N) is 2. The van der Waals surface area contributed by atoms with Gasteiger partial charge in [-0.15, -0.1) is 0 Å². The first-order chi connectivity index (χ1) is 11.6. The number of amides is 1. The van der Waals surface area contributed by atoms with Crippen molar-refractivity contribution in [1.29, 1.82) is 0 Å². The molecule has 2 heterocycles. The molecule has 1 amide bonds. The third-order valence-corrected chi connectivity index (χ3v) is 4.23. The maximum absolute atomic E-state index is 12.6. The first-order valence-corrected chi connectivity index (χ1v) is 8.29. The van der Waals surface area contributed by atoms with Crippen LogP contribution in [0.4, 0.5) is 22.0 Å². The number of H-pyrrole nitrogens is 1. The lowest BCUT2D eigenvalue weighted by molar-refractivity contribution is 0.00452. The summed E-state index contributed by atoms with van der Waals surface area (Å²) in [5.74, 6) is 0.694. The second-order valence-corrected chi connectivity index (χ2v) is 7.80. The topological polar surface area (TPSA) is 96.3 Å². The number of fused-ring (bicyclic) bond motifs is 1. The number of aromatic nitrogens is 2. The highest BCUT2D eigenvalue weighted by atomic mass is 16.6. The Bertz CT molecular complexity index is 804. The van der Waals surface area contributed by atoms with Crippen LogP contribution in [0, 0.1) is 0 Å². The standard InChI is InChI=1S/C18H25N5O2/c1-17(2,3)25-16(24)23-10-13-14(18(23,4)5)21-22-15(13)20-12-8-6-7-11(19)9-12/h6-9H,10,19H2,1-5H3,(H2,20,21,22). The zero-order valence-corrected chi connectivity index (χ0v) is 15.3. The number of nitrogens with two attached hydrogens (primary N) is 1. The molecule has 0 atom stereocenters. The minimum absolute atomic E-state index is 0.336. The lowest BCUT2D eigenvalue weighted by atomic mass is 10.0. The number of benzene rings is 1. The van der Waals surface area contributed by atoms with E-state index in [0.717, 1.165) is 16.9 Å². The molecule has 2 aromatic rings. The van der Waals surface area contributed by atoms with Crippen molar-refractivity contribution in [3.8, 4) is 0 Å². The fraction of sp³-hybridized carbons (Fsp3) is 0.444. The average Bonchev–Trinajstić information content (AvgIpc) is 2.97. The van der Waals surface area contributed by atoms with Crippen LogP contribution >= 0.6 is 0 Å². The zero-order valence-electron chi connectivity index (χ0n) is 15.3. The number of hydrogen-bond acceptors (Lipinski definition) is 5. The smallest absolute Gasteiger partial charge is 0.411 e. The van der Waals surface area contributed by atoms with Crippen LogP contribution in [0.1, 0.15) is 45.9 Å². The second-order valence-electron chi connectivity index (χ2n) is 7.80. The quantitative estimate of drug-likeness (QED) is 0.722. The summed E-state index contributed by atoms with van der Waals surface area (Å²) in [7, 11) is 0. The SMILES string of the molecule is CC(C)(C)OC(=O)N1Cc2c(Nc3cccc(N)c3)n[nH]c2C1(C)C.